The molecule has 0 bridgehead atoms. The number of imide groups is 1. The Labute approximate surface area is 118 Å². The molecule has 2 amide bonds. The maximum atomic E-state index is 12.3. The van der Waals surface area contributed by atoms with Gasteiger partial charge < -0.3 is 0 Å². The van der Waals surface area contributed by atoms with Gasteiger partial charge in [0.1, 0.15) is 0 Å². The highest BCUT2D eigenvalue weighted by Gasteiger charge is 2.36. The molecule has 0 radical (unpaired) electrons. The average molecular weight is 274 g/mol. The number of carbonyl (C=O) groups is 3. The Kier molecular flexibility index (Phi) is 3.72. The molecule has 0 unspecified atom stereocenters. The van der Waals surface area contributed by atoms with E-state index in [1.54, 1.807) is 31.1 Å². The Morgan fingerprint density at radius 2 is 1.70 bits per heavy atom. The monoisotopic (exact) mass is 274 g/mol. The van der Waals surface area contributed by atoms with Gasteiger partial charge in [-0.1, -0.05) is 6.92 Å². The highest BCUT2D eigenvalue weighted by atomic mass is 16.2. The van der Waals surface area contributed by atoms with Gasteiger partial charge in [0, 0.05) is 5.56 Å². The lowest BCUT2D eigenvalue weighted by Crippen LogP contribution is -2.37. The number of rotatable bonds is 4. The Bertz CT molecular complexity index is 605. The molecule has 0 N–H and O–H groups in total. The molecule has 1 aliphatic rings. The standard InChI is InChI=1S/C15H18N2O3/c1-5-10-6-12-13(7-11(10)9(2)18)15(20)17(14(12)19)8-16(3)4/h6-7H,5,8H2,1-4H3. The predicted octanol–water partition coefficient (Wildman–Crippen LogP) is 1.57. The normalized spacial score (nSPS) is 14.2. The highest BCUT2D eigenvalue weighted by Crippen LogP contribution is 2.27. The molecule has 106 valence electrons. The molecule has 20 heavy (non-hydrogen) atoms. The van der Waals surface area contributed by atoms with Crippen molar-refractivity contribution in [1.82, 2.24) is 9.80 Å². The Balaban J connectivity index is 2.53. The second-order valence-electron chi connectivity index (χ2n) is 5.22. The van der Waals surface area contributed by atoms with Crippen LogP contribution in [-0.2, 0) is 6.42 Å². The fourth-order valence-corrected chi connectivity index (χ4v) is 2.41. The number of amides is 2. The summed E-state index contributed by atoms with van der Waals surface area (Å²) in [5.74, 6) is -0.705. The fraction of sp³-hybridized carbons (Fsp3) is 0.400. The molecule has 1 heterocycles. The molecule has 0 aromatic heterocycles. The lowest BCUT2D eigenvalue weighted by Gasteiger charge is -2.18. The third-order valence-electron chi connectivity index (χ3n) is 3.38. The van der Waals surface area contributed by atoms with Crippen LogP contribution >= 0.6 is 0 Å². The summed E-state index contributed by atoms with van der Waals surface area (Å²) in [5.41, 5.74) is 2.07. The quantitative estimate of drug-likeness (QED) is 0.617. The van der Waals surface area contributed by atoms with Crippen molar-refractivity contribution in [3.05, 3.63) is 34.4 Å². The molecule has 0 saturated carbocycles. The van der Waals surface area contributed by atoms with Gasteiger partial charge in [0.05, 0.1) is 17.8 Å². The molecule has 2 rings (SSSR count). The summed E-state index contributed by atoms with van der Waals surface area (Å²) < 4.78 is 0. The maximum absolute atomic E-state index is 12.3. The molecule has 0 saturated heterocycles. The number of fused-ring (bicyclic) bond motifs is 1. The Hall–Kier alpha value is -2.01. The van der Waals surface area contributed by atoms with Crippen molar-refractivity contribution in [3.8, 4) is 0 Å². The van der Waals surface area contributed by atoms with E-state index in [0.29, 0.717) is 23.1 Å². The van der Waals surface area contributed by atoms with E-state index in [9.17, 15) is 14.4 Å². The van der Waals surface area contributed by atoms with Gasteiger partial charge >= 0.3 is 0 Å². The number of Topliss-reactive ketones (excluding diaryl/α,β-unsaturated/α-hetero) is 1. The molecule has 0 aliphatic carbocycles. The zero-order valence-corrected chi connectivity index (χ0v) is 12.2. The van der Waals surface area contributed by atoms with E-state index in [1.165, 1.54) is 11.8 Å². The van der Waals surface area contributed by atoms with Crippen molar-refractivity contribution in [2.24, 2.45) is 0 Å². The smallest absolute Gasteiger partial charge is 0.262 e. The summed E-state index contributed by atoms with van der Waals surface area (Å²) in [4.78, 5) is 39.2. The van der Waals surface area contributed by atoms with Crippen LogP contribution in [0.3, 0.4) is 0 Å². The van der Waals surface area contributed by atoms with E-state index in [1.807, 2.05) is 6.92 Å². The number of benzene rings is 1. The van der Waals surface area contributed by atoms with E-state index in [2.05, 4.69) is 0 Å². The number of hydrogen-bond donors (Lipinski definition) is 0. The molecule has 0 fully saturated rings. The zero-order chi connectivity index (χ0) is 15.0. The summed E-state index contributed by atoms with van der Waals surface area (Å²) in [6, 6.07) is 3.24. The topological polar surface area (TPSA) is 57.7 Å². The van der Waals surface area contributed by atoms with Gasteiger partial charge in [-0.05, 0) is 45.1 Å². The number of ketones is 1. The van der Waals surface area contributed by atoms with Crippen LogP contribution in [0.1, 0.15) is 50.5 Å². The number of aryl methyl sites for hydroxylation is 1. The average Bonchev–Trinajstić information content (AvgIpc) is 2.61. The van der Waals surface area contributed by atoms with Crippen LogP contribution < -0.4 is 0 Å². The minimum Gasteiger partial charge on any atom is -0.295 e. The molecule has 5 nitrogen and oxygen atoms in total. The molecule has 1 aromatic rings. The van der Waals surface area contributed by atoms with Crippen LogP contribution in [0.2, 0.25) is 0 Å². The van der Waals surface area contributed by atoms with E-state index >= 15 is 0 Å². The van der Waals surface area contributed by atoms with Gasteiger partial charge in [0.15, 0.2) is 5.78 Å². The largest absolute Gasteiger partial charge is 0.295 e. The number of nitrogens with zero attached hydrogens (tertiary/aromatic N) is 2. The van der Waals surface area contributed by atoms with Gasteiger partial charge in [-0.2, -0.15) is 0 Å². The highest BCUT2D eigenvalue weighted by molar-refractivity contribution is 6.22. The second kappa shape index (κ2) is 5.17. The van der Waals surface area contributed by atoms with Crippen LogP contribution in [0.5, 0.6) is 0 Å². The lowest BCUT2D eigenvalue weighted by atomic mass is 9.96. The molecule has 5 heteroatoms. The Morgan fingerprint density at radius 3 is 2.15 bits per heavy atom. The molecule has 1 aromatic carbocycles. The van der Waals surface area contributed by atoms with Crippen LogP contribution in [0.15, 0.2) is 12.1 Å². The first-order valence-corrected chi connectivity index (χ1v) is 6.55. The first-order chi connectivity index (χ1) is 9.36. The van der Waals surface area contributed by atoms with Crippen molar-refractivity contribution in [1.29, 1.82) is 0 Å². The van der Waals surface area contributed by atoms with E-state index < -0.39 is 0 Å². The van der Waals surface area contributed by atoms with Gasteiger partial charge in [0.2, 0.25) is 0 Å². The van der Waals surface area contributed by atoms with Crippen LogP contribution in [0, 0.1) is 0 Å². The van der Waals surface area contributed by atoms with Crippen molar-refractivity contribution in [2.45, 2.75) is 20.3 Å². The fourth-order valence-electron chi connectivity index (χ4n) is 2.41. The number of hydrogen-bond acceptors (Lipinski definition) is 4. The molecule has 0 atom stereocenters. The first kappa shape index (κ1) is 14.4. The van der Waals surface area contributed by atoms with Crippen molar-refractivity contribution >= 4 is 17.6 Å². The van der Waals surface area contributed by atoms with E-state index in [0.717, 1.165) is 5.56 Å². The number of carbonyl (C=O) groups excluding carboxylic acids is 3. The molecule has 1 aliphatic heterocycles. The maximum Gasteiger partial charge on any atom is 0.262 e. The van der Waals surface area contributed by atoms with E-state index in [4.69, 9.17) is 0 Å². The van der Waals surface area contributed by atoms with Crippen LogP contribution in [0.4, 0.5) is 0 Å². The zero-order valence-electron chi connectivity index (χ0n) is 12.2. The van der Waals surface area contributed by atoms with Crippen molar-refractivity contribution < 1.29 is 14.4 Å². The van der Waals surface area contributed by atoms with Crippen LogP contribution in [-0.4, -0.2) is 48.2 Å². The molecular formula is C15H18N2O3. The SMILES string of the molecule is CCc1cc2c(cc1C(C)=O)C(=O)N(CN(C)C)C2=O. The van der Waals surface area contributed by atoms with Crippen molar-refractivity contribution in [2.75, 3.05) is 20.8 Å². The second-order valence-corrected chi connectivity index (χ2v) is 5.22. The third kappa shape index (κ3) is 2.25. The lowest BCUT2D eigenvalue weighted by molar-refractivity contribution is 0.0583. The summed E-state index contributed by atoms with van der Waals surface area (Å²) in [6.07, 6.45) is 0.650. The first-order valence-electron chi connectivity index (χ1n) is 6.55. The molecule has 0 spiro atoms. The summed E-state index contributed by atoms with van der Waals surface area (Å²) in [7, 11) is 3.59. The summed E-state index contributed by atoms with van der Waals surface area (Å²) >= 11 is 0. The van der Waals surface area contributed by atoms with Crippen molar-refractivity contribution in [3.63, 3.8) is 0 Å². The van der Waals surface area contributed by atoms with Gasteiger partial charge in [-0.15, -0.1) is 0 Å². The summed E-state index contributed by atoms with van der Waals surface area (Å²) in [5, 5.41) is 0. The van der Waals surface area contributed by atoms with Gasteiger partial charge in [-0.25, -0.2) is 0 Å². The molecular weight excluding hydrogens is 256 g/mol. The minimum atomic E-state index is -0.330. The predicted molar refractivity (Wildman–Crippen MR) is 74.9 cm³/mol. The van der Waals surface area contributed by atoms with Crippen LogP contribution in [0.25, 0.3) is 0 Å². The van der Waals surface area contributed by atoms with E-state index in [-0.39, 0.29) is 24.3 Å². The van der Waals surface area contributed by atoms with Gasteiger partial charge in [0.25, 0.3) is 11.8 Å². The van der Waals surface area contributed by atoms with Gasteiger partial charge in [-0.3, -0.25) is 24.2 Å². The minimum absolute atomic E-state index is 0.0871. The summed E-state index contributed by atoms with van der Waals surface area (Å²) in [6.45, 7) is 3.63. The third-order valence-corrected chi connectivity index (χ3v) is 3.38. The Morgan fingerprint density at radius 1 is 1.15 bits per heavy atom.